The van der Waals surface area contributed by atoms with Crippen molar-refractivity contribution in [2.45, 2.75) is 38.3 Å². The van der Waals surface area contributed by atoms with Gasteiger partial charge < -0.3 is 14.8 Å². The lowest BCUT2D eigenvalue weighted by Gasteiger charge is -2.26. The molecule has 1 N–H and O–H groups in total. The van der Waals surface area contributed by atoms with Gasteiger partial charge in [-0.25, -0.2) is 0 Å². The predicted octanol–water partition coefficient (Wildman–Crippen LogP) is 5.76. The van der Waals surface area contributed by atoms with Crippen LogP contribution in [-0.2, 0) is 4.79 Å². The highest BCUT2D eigenvalue weighted by Crippen LogP contribution is 2.36. The van der Waals surface area contributed by atoms with E-state index in [1.807, 2.05) is 0 Å². The van der Waals surface area contributed by atoms with Crippen LogP contribution in [0.25, 0.3) is 0 Å². The number of carbonyl (C=O) groups excluding carboxylic acids is 1. The van der Waals surface area contributed by atoms with Gasteiger partial charge >= 0.3 is 6.18 Å². The Hall–Kier alpha value is -2.74. The summed E-state index contributed by atoms with van der Waals surface area (Å²) in [6.45, 7) is 7.10. The molecule has 5 nitrogen and oxygen atoms in total. The number of carbonyl (C=O) groups is 1. The molecule has 2 aliphatic rings. The minimum atomic E-state index is -4.35. The lowest BCUT2D eigenvalue weighted by molar-refractivity contribution is -0.160. The lowest BCUT2D eigenvalue weighted by atomic mass is 9.86. The fourth-order valence-corrected chi connectivity index (χ4v) is 4.29. The molecule has 34 heavy (non-hydrogen) atoms. The third-order valence-corrected chi connectivity index (χ3v) is 6.18. The largest absolute Gasteiger partial charge is 0.493 e. The molecule has 2 unspecified atom stereocenters. The topological polar surface area (TPSA) is 50.8 Å². The highest BCUT2D eigenvalue weighted by molar-refractivity contribution is 5.95. The van der Waals surface area contributed by atoms with Gasteiger partial charge in [-0.3, -0.25) is 9.69 Å². The van der Waals surface area contributed by atoms with Gasteiger partial charge in [0.2, 0.25) is 5.91 Å². The zero-order valence-corrected chi connectivity index (χ0v) is 19.6. The number of hydrogen-bond donors (Lipinski definition) is 1. The van der Waals surface area contributed by atoms with Gasteiger partial charge in [-0.1, -0.05) is 30.7 Å². The van der Waals surface area contributed by atoms with E-state index in [-0.39, 0.29) is 12.8 Å². The monoisotopic (exact) mass is 478 g/mol. The number of ether oxygens (including phenoxy) is 2. The number of piperidine rings is 1. The Morgan fingerprint density at radius 3 is 2.71 bits per heavy atom. The van der Waals surface area contributed by atoms with Crippen LogP contribution in [-0.4, -0.2) is 50.3 Å². The van der Waals surface area contributed by atoms with Crippen LogP contribution in [0.5, 0.6) is 11.5 Å². The first kappa shape index (κ1) is 25.9. The number of benzene rings is 1. The van der Waals surface area contributed by atoms with Gasteiger partial charge in [0.05, 0.1) is 18.9 Å². The van der Waals surface area contributed by atoms with E-state index in [0.717, 1.165) is 25.7 Å². The predicted molar refractivity (Wildman–Crippen MR) is 127 cm³/mol. The maximum Gasteiger partial charge on any atom is 0.395 e. The highest BCUT2D eigenvalue weighted by atomic mass is 19.4. The van der Waals surface area contributed by atoms with E-state index in [4.69, 9.17) is 9.47 Å². The first-order valence-electron chi connectivity index (χ1n) is 11.7. The molecule has 1 heterocycles. The normalized spacial score (nSPS) is 19.8. The van der Waals surface area contributed by atoms with E-state index in [1.165, 1.54) is 25.3 Å². The van der Waals surface area contributed by atoms with Crippen molar-refractivity contribution in [3.63, 3.8) is 0 Å². The van der Waals surface area contributed by atoms with Crippen LogP contribution in [0.2, 0.25) is 0 Å². The van der Waals surface area contributed by atoms with E-state index in [1.54, 1.807) is 37.5 Å². The molecule has 0 saturated carbocycles. The maximum absolute atomic E-state index is 13.2. The first-order valence-corrected chi connectivity index (χ1v) is 11.7. The second-order valence-electron chi connectivity index (χ2n) is 8.64. The molecule has 1 aliphatic heterocycles. The number of nitrogens with zero attached hydrogens (tertiary/aromatic N) is 1. The van der Waals surface area contributed by atoms with Crippen molar-refractivity contribution >= 4 is 11.6 Å². The van der Waals surface area contributed by atoms with Gasteiger partial charge in [0.25, 0.3) is 0 Å². The molecule has 3 rings (SSSR count). The molecular formula is C26H33F3N2O3. The molecule has 1 aromatic rings. The summed E-state index contributed by atoms with van der Waals surface area (Å²) in [5, 5.41) is 2.82. The smallest absolute Gasteiger partial charge is 0.395 e. The van der Waals surface area contributed by atoms with Crippen LogP contribution in [0, 0.1) is 11.8 Å². The SMILES string of the molecule is C=CCC(C(=O)Nc1ccc(OC)c(OCCN2CCCCC2)c1)C1=CC(C(F)(F)F)CC=C1. The third-order valence-electron chi connectivity index (χ3n) is 6.18. The van der Waals surface area contributed by atoms with Crippen molar-refractivity contribution in [2.24, 2.45) is 11.8 Å². The summed E-state index contributed by atoms with van der Waals surface area (Å²) >= 11 is 0. The number of allylic oxidation sites excluding steroid dienone is 4. The Kier molecular flexibility index (Phi) is 9.21. The summed E-state index contributed by atoms with van der Waals surface area (Å²) in [6.07, 6.45) is 5.19. The van der Waals surface area contributed by atoms with Crippen LogP contribution in [0.15, 0.2) is 54.7 Å². The summed E-state index contributed by atoms with van der Waals surface area (Å²) in [4.78, 5) is 15.4. The number of halogens is 3. The van der Waals surface area contributed by atoms with Gasteiger partial charge in [0, 0.05) is 18.3 Å². The van der Waals surface area contributed by atoms with E-state index < -0.39 is 23.9 Å². The lowest BCUT2D eigenvalue weighted by Crippen LogP contribution is -2.33. The zero-order chi connectivity index (χ0) is 24.6. The van der Waals surface area contributed by atoms with E-state index in [2.05, 4.69) is 16.8 Å². The van der Waals surface area contributed by atoms with Crippen molar-refractivity contribution in [1.29, 1.82) is 0 Å². The van der Waals surface area contributed by atoms with Gasteiger partial charge in [0.1, 0.15) is 6.61 Å². The molecule has 0 radical (unpaired) electrons. The van der Waals surface area contributed by atoms with E-state index >= 15 is 0 Å². The fourth-order valence-electron chi connectivity index (χ4n) is 4.29. The van der Waals surface area contributed by atoms with Crippen LogP contribution in [0.4, 0.5) is 18.9 Å². The summed E-state index contributed by atoms with van der Waals surface area (Å²) in [6, 6.07) is 5.07. The number of amides is 1. The van der Waals surface area contributed by atoms with Crippen LogP contribution < -0.4 is 14.8 Å². The Morgan fingerprint density at radius 2 is 2.03 bits per heavy atom. The standard InChI is InChI=1S/C26H33F3N2O3/c1-3-8-22(19-9-7-10-20(17-19)26(27,28)29)25(32)30-21-11-12-23(33-2)24(18-21)34-16-15-31-13-5-4-6-14-31/h3,7,9,11-12,17-18,20,22H,1,4-6,8,10,13-16H2,2H3,(H,30,32). The van der Waals surface area contributed by atoms with Crippen LogP contribution >= 0.6 is 0 Å². The van der Waals surface area contributed by atoms with Crippen LogP contribution in [0.3, 0.4) is 0 Å². The Labute approximate surface area is 199 Å². The van der Waals surface area contributed by atoms with Gasteiger partial charge in [-0.05, 0) is 56.5 Å². The molecule has 0 spiro atoms. The number of likely N-dealkylation sites (tertiary alicyclic amines) is 1. The average molecular weight is 479 g/mol. The molecule has 1 aromatic carbocycles. The zero-order valence-electron chi connectivity index (χ0n) is 19.6. The Morgan fingerprint density at radius 1 is 1.26 bits per heavy atom. The summed E-state index contributed by atoms with van der Waals surface area (Å²) < 4.78 is 51.0. The quantitative estimate of drug-likeness (QED) is 0.435. The van der Waals surface area contributed by atoms with Crippen molar-refractivity contribution in [2.75, 3.05) is 38.7 Å². The van der Waals surface area contributed by atoms with Gasteiger partial charge in [-0.15, -0.1) is 6.58 Å². The highest BCUT2D eigenvalue weighted by Gasteiger charge is 2.39. The number of nitrogens with one attached hydrogen (secondary N) is 1. The average Bonchev–Trinajstić information content (AvgIpc) is 2.83. The summed E-state index contributed by atoms with van der Waals surface area (Å²) in [5.41, 5.74) is 0.832. The molecular weight excluding hydrogens is 445 g/mol. The fraction of sp³-hybridized carbons (Fsp3) is 0.500. The van der Waals surface area contributed by atoms with E-state index in [0.29, 0.717) is 29.4 Å². The van der Waals surface area contributed by atoms with Crippen molar-refractivity contribution in [3.8, 4) is 11.5 Å². The molecule has 186 valence electrons. The molecule has 2 atom stereocenters. The van der Waals surface area contributed by atoms with Crippen molar-refractivity contribution < 1.29 is 27.4 Å². The van der Waals surface area contributed by atoms with Crippen molar-refractivity contribution in [3.05, 3.63) is 54.7 Å². The molecule has 0 aromatic heterocycles. The summed E-state index contributed by atoms with van der Waals surface area (Å²) in [7, 11) is 1.55. The Balaban J connectivity index is 1.69. The molecule has 1 saturated heterocycles. The number of anilines is 1. The van der Waals surface area contributed by atoms with Gasteiger partial charge in [0.15, 0.2) is 11.5 Å². The van der Waals surface area contributed by atoms with Crippen molar-refractivity contribution in [1.82, 2.24) is 4.90 Å². The maximum atomic E-state index is 13.2. The molecule has 1 amide bonds. The third kappa shape index (κ3) is 7.13. The number of methoxy groups -OCH3 is 1. The second-order valence-corrected chi connectivity index (χ2v) is 8.64. The first-order chi connectivity index (χ1) is 16.3. The molecule has 0 bridgehead atoms. The van der Waals surface area contributed by atoms with E-state index in [9.17, 15) is 18.0 Å². The number of alkyl halides is 3. The van der Waals surface area contributed by atoms with Crippen LogP contribution in [0.1, 0.15) is 32.1 Å². The second kappa shape index (κ2) is 12.1. The number of hydrogen-bond acceptors (Lipinski definition) is 4. The number of rotatable bonds is 10. The molecule has 1 fully saturated rings. The Bertz CT molecular complexity index is 905. The molecule has 8 heteroatoms. The molecule has 1 aliphatic carbocycles. The summed E-state index contributed by atoms with van der Waals surface area (Å²) in [5.74, 6) is -1.71. The van der Waals surface area contributed by atoms with Gasteiger partial charge in [-0.2, -0.15) is 13.2 Å². The minimum absolute atomic E-state index is 0.119. The minimum Gasteiger partial charge on any atom is -0.493 e.